The first-order valence-corrected chi connectivity index (χ1v) is 6.35. The predicted octanol–water partition coefficient (Wildman–Crippen LogP) is 1.91. The van der Waals surface area contributed by atoms with Crippen LogP contribution in [0.15, 0.2) is 18.2 Å². The third kappa shape index (κ3) is 3.12. The van der Waals surface area contributed by atoms with Gasteiger partial charge in [0, 0.05) is 18.5 Å². The summed E-state index contributed by atoms with van der Waals surface area (Å²) in [5.41, 5.74) is 0.317. The molecule has 1 aromatic rings. The van der Waals surface area contributed by atoms with E-state index in [1.165, 1.54) is 6.07 Å². The molecule has 20 heavy (non-hydrogen) atoms. The van der Waals surface area contributed by atoms with E-state index in [1.807, 2.05) is 0 Å². The van der Waals surface area contributed by atoms with Crippen molar-refractivity contribution in [3.05, 3.63) is 35.4 Å². The SMILES string of the molecule is C[C@H](CNC(=O)[C@@H]1C[C@H]1C(=O)O)c1ccc(F)cc1F. The van der Waals surface area contributed by atoms with Crippen LogP contribution in [0.5, 0.6) is 0 Å². The zero-order valence-corrected chi connectivity index (χ0v) is 10.9. The van der Waals surface area contributed by atoms with Crippen LogP contribution in [-0.4, -0.2) is 23.5 Å². The summed E-state index contributed by atoms with van der Waals surface area (Å²) in [6, 6.07) is 3.31. The zero-order chi connectivity index (χ0) is 14.9. The molecule has 0 aliphatic heterocycles. The molecule has 0 unspecified atom stereocenters. The Balaban J connectivity index is 1.88. The maximum atomic E-state index is 13.5. The van der Waals surface area contributed by atoms with Crippen molar-refractivity contribution in [1.29, 1.82) is 0 Å². The molecule has 1 aliphatic rings. The molecule has 0 spiro atoms. The molecular formula is C14H15F2NO3. The number of halogens is 2. The lowest BCUT2D eigenvalue weighted by Crippen LogP contribution is -2.30. The van der Waals surface area contributed by atoms with Gasteiger partial charge in [-0.3, -0.25) is 9.59 Å². The van der Waals surface area contributed by atoms with Crippen molar-refractivity contribution < 1.29 is 23.5 Å². The second-order valence-corrected chi connectivity index (χ2v) is 5.10. The molecule has 1 saturated carbocycles. The minimum Gasteiger partial charge on any atom is -0.481 e. The second kappa shape index (κ2) is 5.56. The minimum absolute atomic E-state index is 0.185. The van der Waals surface area contributed by atoms with Gasteiger partial charge < -0.3 is 10.4 Å². The fourth-order valence-corrected chi connectivity index (χ4v) is 2.15. The summed E-state index contributed by atoms with van der Waals surface area (Å²) in [6.45, 7) is 1.89. The van der Waals surface area contributed by atoms with Gasteiger partial charge in [-0.05, 0) is 18.1 Å². The number of carboxylic acid groups (broad SMARTS) is 1. The molecule has 6 heteroatoms. The quantitative estimate of drug-likeness (QED) is 0.867. The number of benzene rings is 1. The number of aliphatic carboxylic acids is 1. The van der Waals surface area contributed by atoms with E-state index in [0.717, 1.165) is 12.1 Å². The third-order valence-corrected chi connectivity index (χ3v) is 3.52. The summed E-state index contributed by atoms with van der Waals surface area (Å²) in [7, 11) is 0. The van der Waals surface area contributed by atoms with Crippen LogP contribution in [-0.2, 0) is 9.59 Å². The van der Waals surface area contributed by atoms with Crippen molar-refractivity contribution in [1.82, 2.24) is 5.32 Å². The molecule has 1 aliphatic carbocycles. The van der Waals surface area contributed by atoms with E-state index in [2.05, 4.69) is 5.32 Å². The van der Waals surface area contributed by atoms with E-state index in [4.69, 9.17) is 5.11 Å². The van der Waals surface area contributed by atoms with Gasteiger partial charge in [0.2, 0.25) is 5.91 Å². The number of nitrogens with one attached hydrogen (secondary N) is 1. The van der Waals surface area contributed by atoms with Crippen LogP contribution in [0, 0.1) is 23.5 Å². The lowest BCUT2D eigenvalue weighted by molar-refractivity contribution is -0.140. The van der Waals surface area contributed by atoms with Gasteiger partial charge in [0.15, 0.2) is 0 Å². The highest BCUT2D eigenvalue weighted by Gasteiger charge is 2.48. The molecule has 0 bridgehead atoms. The number of carbonyl (C=O) groups excluding carboxylic acids is 1. The Labute approximate surface area is 114 Å². The van der Waals surface area contributed by atoms with Crippen molar-refractivity contribution in [3.63, 3.8) is 0 Å². The predicted molar refractivity (Wildman–Crippen MR) is 67.0 cm³/mol. The van der Waals surface area contributed by atoms with Crippen molar-refractivity contribution >= 4 is 11.9 Å². The first-order chi connectivity index (χ1) is 9.40. The third-order valence-electron chi connectivity index (χ3n) is 3.52. The maximum Gasteiger partial charge on any atom is 0.307 e. The number of hydrogen-bond acceptors (Lipinski definition) is 2. The lowest BCUT2D eigenvalue weighted by Gasteiger charge is -2.14. The molecule has 108 valence electrons. The largest absolute Gasteiger partial charge is 0.481 e. The van der Waals surface area contributed by atoms with Crippen molar-refractivity contribution in [2.45, 2.75) is 19.3 Å². The highest BCUT2D eigenvalue weighted by molar-refractivity contribution is 5.89. The van der Waals surface area contributed by atoms with Crippen molar-refractivity contribution in [3.8, 4) is 0 Å². The van der Waals surface area contributed by atoms with E-state index in [-0.39, 0.29) is 18.4 Å². The topological polar surface area (TPSA) is 66.4 Å². The van der Waals surface area contributed by atoms with Crippen LogP contribution < -0.4 is 5.32 Å². The van der Waals surface area contributed by atoms with Gasteiger partial charge in [0.05, 0.1) is 11.8 Å². The van der Waals surface area contributed by atoms with E-state index >= 15 is 0 Å². The zero-order valence-electron chi connectivity index (χ0n) is 10.9. The van der Waals surface area contributed by atoms with Crippen LogP contribution in [0.2, 0.25) is 0 Å². The number of carbonyl (C=O) groups is 2. The van der Waals surface area contributed by atoms with Gasteiger partial charge in [-0.1, -0.05) is 13.0 Å². The number of hydrogen-bond donors (Lipinski definition) is 2. The van der Waals surface area contributed by atoms with Gasteiger partial charge >= 0.3 is 5.97 Å². The normalized spacial score (nSPS) is 22.1. The number of amides is 1. The Morgan fingerprint density at radius 1 is 1.40 bits per heavy atom. The number of rotatable bonds is 5. The van der Waals surface area contributed by atoms with Crippen molar-refractivity contribution in [2.24, 2.45) is 11.8 Å². The monoisotopic (exact) mass is 283 g/mol. The number of carboxylic acids is 1. The summed E-state index contributed by atoms with van der Waals surface area (Å²) >= 11 is 0. The summed E-state index contributed by atoms with van der Waals surface area (Å²) in [5.74, 6) is -4.01. The van der Waals surface area contributed by atoms with Gasteiger partial charge in [0.25, 0.3) is 0 Å². The second-order valence-electron chi connectivity index (χ2n) is 5.10. The van der Waals surface area contributed by atoms with E-state index in [9.17, 15) is 18.4 Å². The molecule has 4 nitrogen and oxygen atoms in total. The molecule has 0 aromatic heterocycles. The average molecular weight is 283 g/mol. The Kier molecular flexibility index (Phi) is 4.01. The van der Waals surface area contributed by atoms with Crippen LogP contribution in [0.25, 0.3) is 0 Å². The molecule has 2 rings (SSSR count). The molecule has 0 heterocycles. The summed E-state index contributed by atoms with van der Waals surface area (Å²) in [5, 5.41) is 11.3. The minimum atomic E-state index is -0.970. The molecule has 1 fully saturated rings. The molecule has 2 N–H and O–H groups in total. The van der Waals surface area contributed by atoms with Crippen molar-refractivity contribution in [2.75, 3.05) is 6.54 Å². The Bertz CT molecular complexity index is 547. The molecule has 1 amide bonds. The smallest absolute Gasteiger partial charge is 0.307 e. The van der Waals surface area contributed by atoms with Gasteiger partial charge in [-0.15, -0.1) is 0 Å². The summed E-state index contributed by atoms with van der Waals surface area (Å²) in [4.78, 5) is 22.3. The van der Waals surface area contributed by atoms with Crippen LogP contribution in [0.4, 0.5) is 8.78 Å². The summed E-state index contributed by atoms with van der Waals surface area (Å²) < 4.78 is 26.3. The first kappa shape index (κ1) is 14.4. The first-order valence-electron chi connectivity index (χ1n) is 6.35. The highest BCUT2D eigenvalue weighted by atomic mass is 19.1. The Morgan fingerprint density at radius 2 is 2.10 bits per heavy atom. The van der Waals surface area contributed by atoms with Crippen LogP contribution in [0.1, 0.15) is 24.8 Å². The summed E-state index contributed by atoms with van der Waals surface area (Å²) in [6.07, 6.45) is 0.348. The van der Waals surface area contributed by atoms with E-state index in [1.54, 1.807) is 6.92 Å². The molecule has 0 saturated heterocycles. The molecular weight excluding hydrogens is 268 g/mol. The average Bonchev–Trinajstić information content (AvgIpc) is 3.15. The Morgan fingerprint density at radius 3 is 2.65 bits per heavy atom. The molecule has 3 atom stereocenters. The van der Waals surface area contributed by atoms with E-state index in [0.29, 0.717) is 12.0 Å². The molecule has 0 radical (unpaired) electrons. The lowest BCUT2D eigenvalue weighted by atomic mass is 10.0. The van der Waals surface area contributed by atoms with Gasteiger partial charge in [-0.25, -0.2) is 8.78 Å². The van der Waals surface area contributed by atoms with Crippen LogP contribution in [0.3, 0.4) is 0 Å². The van der Waals surface area contributed by atoms with Gasteiger partial charge in [-0.2, -0.15) is 0 Å². The van der Waals surface area contributed by atoms with Crippen LogP contribution >= 0.6 is 0 Å². The van der Waals surface area contributed by atoms with E-state index < -0.39 is 29.4 Å². The standard InChI is InChI=1S/C14H15F2NO3/c1-7(9-3-2-8(15)4-12(9)16)6-17-13(18)10-5-11(10)14(19)20/h2-4,7,10-11H,5-6H2,1H3,(H,17,18)(H,19,20)/t7-,10-,11-/m1/s1. The fourth-order valence-electron chi connectivity index (χ4n) is 2.15. The Hall–Kier alpha value is -1.98. The highest BCUT2D eigenvalue weighted by Crippen LogP contribution is 2.38. The van der Waals surface area contributed by atoms with Gasteiger partial charge in [0.1, 0.15) is 11.6 Å². The molecule has 1 aromatic carbocycles. The maximum absolute atomic E-state index is 13.5. The fraction of sp³-hybridized carbons (Fsp3) is 0.429.